The van der Waals surface area contributed by atoms with Crippen molar-refractivity contribution in [3.8, 4) is 5.69 Å². The number of furan rings is 1. The van der Waals surface area contributed by atoms with Gasteiger partial charge in [-0.1, -0.05) is 39.8 Å². The summed E-state index contributed by atoms with van der Waals surface area (Å²) in [6.07, 6.45) is 6.41. The lowest BCUT2D eigenvalue weighted by Crippen LogP contribution is -2.24. The summed E-state index contributed by atoms with van der Waals surface area (Å²) in [5.41, 5.74) is 3.51. The number of carbonyl (C=O) groups excluding carboxylic acids is 1. The Kier molecular flexibility index (Phi) is 6.98. The Morgan fingerprint density at radius 3 is 2.75 bits per heavy atom. The summed E-state index contributed by atoms with van der Waals surface area (Å²) in [6.45, 7) is 0. The third-order valence-electron chi connectivity index (χ3n) is 4.32. The molecule has 160 valence electrons. The molecule has 0 saturated carbocycles. The number of allylic oxidation sites excluding steroid dienone is 1. The van der Waals surface area contributed by atoms with E-state index in [1.165, 1.54) is 22.5 Å². The van der Waals surface area contributed by atoms with Gasteiger partial charge < -0.3 is 4.42 Å². The number of hydrazone groups is 1. The van der Waals surface area contributed by atoms with Gasteiger partial charge >= 0.3 is 0 Å². The predicted molar refractivity (Wildman–Crippen MR) is 130 cm³/mol. The summed E-state index contributed by atoms with van der Waals surface area (Å²) in [5.74, 6) is 0.412. The zero-order valence-corrected chi connectivity index (χ0v) is 19.0. The number of hydrogen-bond donors (Lipinski definition) is 1. The first kappa shape index (κ1) is 21.8. The molecule has 1 amide bonds. The predicted octanol–water partition coefficient (Wildman–Crippen LogP) is 4.65. The summed E-state index contributed by atoms with van der Waals surface area (Å²) in [6, 6.07) is 18.1. The number of hydrogen-bond acceptors (Lipinski definition) is 6. The van der Waals surface area contributed by atoms with Gasteiger partial charge in [-0.15, -0.1) is 0 Å². The lowest BCUT2D eigenvalue weighted by molar-refractivity contribution is -0.118. The van der Waals surface area contributed by atoms with E-state index in [-0.39, 0.29) is 17.2 Å². The Balaban J connectivity index is 1.51. The zero-order valence-electron chi connectivity index (χ0n) is 16.6. The molecule has 2 aromatic heterocycles. The highest BCUT2D eigenvalue weighted by atomic mass is 79.9. The van der Waals surface area contributed by atoms with Crippen LogP contribution in [0.3, 0.4) is 0 Å². The largest absolute Gasteiger partial charge is 0.465 e. The van der Waals surface area contributed by atoms with Gasteiger partial charge in [-0.2, -0.15) is 5.10 Å². The zero-order chi connectivity index (χ0) is 22.3. The average molecular weight is 509 g/mol. The van der Waals surface area contributed by atoms with Crippen LogP contribution >= 0.6 is 27.7 Å². The van der Waals surface area contributed by atoms with Gasteiger partial charge in [-0.05, 0) is 60.7 Å². The normalized spacial score (nSPS) is 11.5. The number of carbonyl (C=O) groups is 1. The fourth-order valence-corrected chi connectivity index (χ4v) is 3.94. The number of para-hydroxylation sites is 1. The summed E-state index contributed by atoms with van der Waals surface area (Å²) in [4.78, 5) is 30.0. The molecule has 1 N–H and O–H groups in total. The molecule has 0 saturated heterocycles. The summed E-state index contributed by atoms with van der Waals surface area (Å²) < 4.78 is 7.58. The molecule has 0 aliphatic carbocycles. The number of fused-ring (bicyclic) bond motifs is 1. The van der Waals surface area contributed by atoms with Crippen molar-refractivity contribution in [1.29, 1.82) is 0 Å². The smallest absolute Gasteiger partial charge is 0.266 e. The average Bonchev–Trinajstić information content (AvgIpc) is 3.32. The van der Waals surface area contributed by atoms with Crippen molar-refractivity contribution in [2.75, 3.05) is 5.75 Å². The van der Waals surface area contributed by atoms with Gasteiger partial charge in [0.05, 0.1) is 28.6 Å². The molecule has 2 aromatic carbocycles. The van der Waals surface area contributed by atoms with Gasteiger partial charge in [0.25, 0.3) is 11.5 Å². The molecule has 7 nitrogen and oxygen atoms in total. The number of nitrogens with zero attached hydrogens (tertiary/aromatic N) is 3. The topological polar surface area (TPSA) is 89.5 Å². The highest BCUT2D eigenvalue weighted by molar-refractivity contribution is 9.10. The van der Waals surface area contributed by atoms with E-state index in [9.17, 15) is 9.59 Å². The van der Waals surface area contributed by atoms with E-state index in [1.54, 1.807) is 48.7 Å². The second-order valence-electron chi connectivity index (χ2n) is 6.50. The third-order valence-corrected chi connectivity index (χ3v) is 5.78. The SMILES string of the molecule is O=C(CSc1nc2ccccc2c(=O)n1-c1ccc(Br)cc1)N/N=C\C=C\c1ccco1. The number of benzene rings is 2. The molecular formula is C23H17BrN4O3S. The molecule has 0 aliphatic heterocycles. The second-order valence-corrected chi connectivity index (χ2v) is 8.36. The quantitative estimate of drug-likeness (QED) is 0.170. The molecule has 32 heavy (non-hydrogen) atoms. The summed E-state index contributed by atoms with van der Waals surface area (Å²) >= 11 is 4.57. The Bertz CT molecular complexity index is 1350. The van der Waals surface area contributed by atoms with Gasteiger partial charge in [-0.3, -0.25) is 14.2 Å². The van der Waals surface area contributed by atoms with Crippen LogP contribution < -0.4 is 11.0 Å². The number of aromatic nitrogens is 2. The molecule has 0 bridgehead atoms. The molecule has 9 heteroatoms. The van der Waals surface area contributed by atoms with E-state index in [4.69, 9.17) is 4.42 Å². The summed E-state index contributed by atoms with van der Waals surface area (Å²) in [5, 5.41) is 4.82. The van der Waals surface area contributed by atoms with Crippen molar-refractivity contribution in [3.05, 3.63) is 93.6 Å². The lowest BCUT2D eigenvalue weighted by Gasteiger charge is -2.13. The molecule has 4 rings (SSSR count). The molecule has 0 fully saturated rings. The van der Waals surface area contributed by atoms with Crippen LogP contribution in [-0.2, 0) is 4.79 Å². The van der Waals surface area contributed by atoms with Gasteiger partial charge in [0.2, 0.25) is 0 Å². The maximum atomic E-state index is 13.2. The van der Waals surface area contributed by atoms with Crippen LogP contribution in [-0.4, -0.2) is 27.4 Å². The molecular weight excluding hydrogens is 492 g/mol. The van der Waals surface area contributed by atoms with E-state index in [1.807, 2.05) is 30.3 Å². The van der Waals surface area contributed by atoms with Crippen LogP contribution in [0.5, 0.6) is 0 Å². The highest BCUT2D eigenvalue weighted by Gasteiger charge is 2.14. The Morgan fingerprint density at radius 1 is 1.16 bits per heavy atom. The number of thioether (sulfide) groups is 1. The standard InChI is InChI=1S/C23H17BrN4O3S/c24-16-9-11-17(12-10-16)28-22(30)19-7-1-2-8-20(19)26-23(28)32-15-21(29)27-25-13-3-5-18-6-4-14-31-18/h1-14H,15H2,(H,27,29)/b5-3+,25-13-. The fourth-order valence-electron chi connectivity index (χ4n) is 2.87. The first-order valence-electron chi connectivity index (χ1n) is 9.54. The van der Waals surface area contributed by atoms with E-state index in [0.717, 1.165) is 4.47 Å². The van der Waals surface area contributed by atoms with Crippen LogP contribution in [0.1, 0.15) is 5.76 Å². The van der Waals surface area contributed by atoms with Crippen LogP contribution in [0, 0.1) is 0 Å². The number of halogens is 1. The van der Waals surface area contributed by atoms with E-state index in [2.05, 4.69) is 31.4 Å². The van der Waals surface area contributed by atoms with E-state index < -0.39 is 0 Å². The van der Waals surface area contributed by atoms with Crippen molar-refractivity contribution >= 4 is 56.8 Å². The molecule has 0 spiro atoms. The third kappa shape index (κ3) is 5.24. The molecule has 0 aliphatic rings. The second kappa shape index (κ2) is 10.3. The van der Waals surface area contributed by atoms with Crippen molar-refractivity contribution in [1.82, 2.24) is 15.0 Å². The van der Waals surface area contributed by atoms with E-state index in [0.29, 0.717) is 27.5 Å². The molecule has 4 aromatic rings. The van der Waals surface area contributed by atoms with Crippen molar-refractivity contribution in [3.63, 3.8) is 0 Å². The highest BCUT2D eigenvalue weighted by Crippen LogP contribution is 2.22. The van der Waals surface area contributed by atoms with Crippen molar-refractivity contribution in [2.24, 2.45) is 5.10 Å². The van der Waals surface area contributed by atoms with E-state index >= 15 is 0 Å². The van der Waals surface area contributed by atoms with Gasteiger partial charge in [0.15, 0.2) is 5.16 Å². The van der Waals surface area contributed by atoms with Crippen LogP contribution in [0.25, 0.3) is 22.7 Å². The molecule has 0 atom stereocenters. The van der Waals surface area contributed by atoms with Crippen LogP contribution in [0.2, 0.25) is 0 Å². The Morgan fingerprint density at radius 2 is 1.97 bits per heavy atom. The number of nitrogens with one attached hydrogen (secondary N) is 1. The van der Waals surface area contributed by atoms with Crippen molar-refractivity contribution < 1.29 is 9.21 Å². The first-order valence-corrected chi connectivity index (χ1v) is 11.3. The fraction of sp³-hybridized carbons (Fsp3) is 0.0435. The Labute approximate surface area is 196 Å². The number of rotatable bonds is 7. The minimum atomic E-state index is -0.317. The van der Waals surface area contributed by atoms with Gasteiger partial charge in [0, 0.05) is 10.7 Å². The minimum absolute atomic E-state index is 0.0422. The van der Waals surface area contributed by atoms with Crippen LogP contribution in [0.4, 0.5) is 0 Å². The summed E-state index contributed by atoms with van der Waals surface area (Å²) in [7, 11) is 0. The molecule has 0 radical (unpaired) electrons. The van der Waals surface area contributed by atoms with Gasteiger partial charge in [-0.25, -0.2) is 10.4 Å². The number of amides is 1. The first-order chi connectivity index (χ1) is 15.6. The minimum Gasteiger partial charge on any atom is -0.465 e. The molecule has 2 heterocycles. The lowest BCUT2D eigenvalue weighted by atomic mass is 10.2. The van der Waals surface area contributed by atoms with Gasteiger partial charge in [0.1, 0.15) is 5.76 Å². The molecule has 0 unspecified atom stereocenters. The van der Waals surface area contributed by atoms with Crippen LogP contribution in [0.15, 0.2) is 96.9 Å². The Hall–Kier alpha value is -3.43. The monoisotopic (exact) mass is 508 g/mol. The maximum absolute atomic E-state index is 13.2. The maximum Gasteiger partial charge on any atom is 0.266 e. The van der Waals surface area contributed by atoms with Crippen molar-refractivity contribution in [2.45, 2.75) is 5.16 Å².